The number of halogens is 4. The first kappa shape index (κ1) is 20.0. The Morgan fingerprint density at radius 2 is 1.97 bits per heavy atom. The fourth-order valence-electron chi connectivity index (χ4n) is 4.67. The lowest BCUT2D eigenvalue weighted by atomic mass is 9.69. The maximum atomic E-state index is 13.8. The molecule has 0 atom stereocenters. The normalized spacial score (nSPS) is 18.0. The van der Waals surface area contributed by atoms with E-state index in [0.717, 1.165) is 30.9 Å². The van der Waals surface area contributed by atoms with E-state index in [1.165, 1.54) is 11.0 Å². The molecule has 1 saturated carbocycles. The van der Waals surface area contributed by atoms with E-state index < -0.39 is 23.2 Å². The van der Waals surface area contributed by atoms with Gasteiger partial charge in [0.1, 0.15) is 5.15 Å². The molecule has 1 fully saturated rings. The predicted molar refractivity (Wildman–Crippen MR) is 105 cm³/mol. The summed E-state index contributed by atoms with van der Waals surface area (Å²) in [4.78, 5) is 18.3. The Kier molecular flexibility index (Phi) is 5.19. The van der Waals surface area contributed by atoms with Crippen molar-refractivity contribution >= 4 is 23.3 Å². The van der Waals surface area contributed by atoms with Crippen molar-refractivity contribution in [3.63, 3.8) is 0 Å². The molecular formula is C21H21ClF3N3O. The highest BCUT2D eigenvalue weighted by Crippen LogP contribution is 2.53. The van der Waals surface area contributed by atoms with E-state index in [0.29, 0.717) is 23.7 Å². The maximum absolute atomic E-state index is 13.8. The Labute approximate surface area is 172 Å². The zero-order valence-corrected chi connectivity index (χ0v) is 16.5. The molecule has 2 heterocycles. The van der Waals surface area contributed by atoms with Gasteiger partial charge in [0, 0.05) is 30.4 Å². The Morgan fingerprint density at radius 3 is 2.66 bits per heavy atom. The summed E-state index contributed by atoms with van der Waals surface area (Å²) in [5.41, 5.74) is 0.181. The third-order valence-electron chi connectivity index (χ3n) is 5.92. The number of carbonyl (C=O) groups excluding carboxylic acids is 1. The van der Waals surface area contributed by atoms with Crippen LogP contribution in [0.15, 0.2) is 36.5 Å². The lowest BCUT2D eigenvalue weighted by molar-refractivity contribution is -0.138. The van der Waals surface area contributed by atoms with Crippen molar-refractivity contribution in [3.8, 4) is 0 Å². The van der Waals surface area contributed by atoms with Crippen LogP contribution in [0.5, 0.6) is 0 Å². The average molecular weight is 424 g/mol. The number of fused-ring (bicyclic) bond motifs is 2. The summed E-state index contributed by atoms with van der Waals surface area (Å²) in [5, 5.41) is 3.13. The van der Waals surface area contributed by atoms with Gasteiger partial charge in [0.05, 0.1) is 5.56 Å². The number of urea groups is 1. The number of pyridine rings is 1. The second-order valence-corrected chi connectivity index (χ2v) is 8.16. The molecule has 154 valence electrons. The summed E-state index contributed by atoms with van der Waals surface area (Å²) in [5.74, 6) is 0. The first-order valence-electron chi connectivity index (χ1n) is 9.67. The monoisotopic (exact) mass is 423 g/mol. The van der Waals surface area contributed by atoms with Crippen molar-refractivity contribution in [1.82, 2.24) is 10.3 Å². The smallest absolute Gasteiger partial charge is 0.334 e. The molecule has 2 amide bonds. The molecule has 0 unspecified atom stereocenters. The SMILES string of the molecule is O=C(NCc1ccnc(Cl)c1)N1CC2(CCCCC2)c2c1cccc2C(F)(F)F. The Balaban J connectivity index is 1.65. The molecule has 29 heavy (non-hydrogen) atoms. The van der Waals surface area contributed by atoms with Crippen molar-refractivity contribution in [3.05, 3.63) is 58.4 Å². The number of amides is 2. The fraction of sp³-hybridized carbons (Fsp3) is 0.429. The van der Waals surface area contributed by atoms with Gasteiger partial charge in [-0.15, -0.1) is 0 Å². The van der Waals surface area contributed by atoms with E-state index in [1.807, 2.05) is 0 Å². The third kappa shape index (κ3) is 3.80. The van der Waals surface area contributed by atoms with Crippen LogP contribution in [0.3, 0.4) is 0 Å². The van der Waals surface area contributed by atoms with Gasteiger partial charge >= 0.3 is 12.2 Å². The molecule has 8 heteroatoms. The molecule has 4 nitrogen and oxygen atoms in total. The van der Waals surface area contributed by atoms with E-state index in [2.05, 4.69) is 10.3 Å². The average Bonchev–Trinajstić information content (AvgIpc) is 3.00. The number of hydrogen-bond acceptors (Lipinski definition) is 2. The van der Waals surface area contributed by atoms with Crippen molar-refractivity contribution in [2.45, 2.75) is 50.2 Å². The van der Waals surface area contributed by atoms with Gasteiger partial charge in [0.25, 0.3) is 0 Å². The first-order chi connectivity index (χ1) is 13.8. The highest BCUT2D eigenvalue weighted by molar-refractivity contribution is 6.29. The maximum Gasteiger partial charge on any atom is 0.416 e. The van der Waals surface area contributed by atoms with E-state index in [-0.39, 0.29) is 18.7 Å². The quantitative estimate of drug-likeness (QED) is 0.631. The van der Waals surface area contributed by atoms with Crippen LogP contribution in [0.1, 0.15) is 48.8 Å². The van der Waals surface area contributed by atoms with E-state index in [1.54, 1.807) is 24.4 Å². The van der Waals surface area contributed by atoms with Crippen LogP contribution in [0.4, 0.5) is 23.7 Å². The van der Waals surface area contributed by atoms with Gasteiger partial charge in [-0.2, -0.15) is 13.2 Å². The molecule has 0 radical (unpaired) electrons. The molecule has 4 rings (SSSR count). The van der Waals surface area contributed by atoms with Gasteiger partial charge in [0.2, 0.25) is 0 Å². The van der Waals surface area contributed by atoms with Gasteiger partial charge in [-0.05, 0) is 48.2 Å². The second-order valence-electron chi connectivity index (χ2n) is 7.77. The number of alkyl halides is 3. The summed E-state index contributed by atoms with van der Waals surface area (Å²) in [6.45, 7) is 0.497. The number of carbonyl (C=O) groups is 1. The molecule has 0 saturated heterocycles. The molecule has 1 aromatic carbocycles. The Morgan fingerprint density at radius 1 is 1.21 bits per heavy atom. The zero-order valence-electron chi connectivity index (χ0n) is 15.7. The lowest BCUT2D eigenvalue weighted by Gasteiger charge is -2.35. The number of rotatable bonds is 2. The molecule has 1 aromatic heterocycles. The van der Waals surface area contributed by atoms with Gasteiger partial charge in [-0.3, -0.25) is 4.90 Å². The Bertz CT molecular complexity index is 926. The first-order valence-corrected chi connectivity index (χ1v) is 10.0. The number of anilines is 1. The number of nitrogens with one attached hydrogen (secondary N) is 1. The fourth-order valence-corrected chi connectivity index (χ4v) is 4.87. The van der Waals surface area contributed by atoms with Crippen molar-refractivity contribution in [2.24, 2.45) is 0 Å². The van der Waals surface area contributed by atoms with Crippen LogP contribution in [-0.2, 0) is 18.1 Å². The predicted octanol–water partition coefficient (Wildman–Crippen LogP) is 5.69. The van der Waals surface area contributed by atoms with Gasteiger partial charge in [-0.25, -0.2) is 9.78 Å². The highest BCUT2D eigenvalue weighted by atomic mass is 35.5. The van der Waals surface area contributed by atoms with Crippen LogP contribution in [0, 0.1) is 0 Å². The van der Waals surface area contributed by atoms with Crippen LogP contribution >= 0.6 is 11.6 Å². The van der Waals surface area contributed by atoms with Crippen molar-refractivity contribution in [1.29, 1.82) is 0 Å². The van der Waals surface area contributed by atoms with E-state index in [4.69, 9.17) is 11.6 Å². The van der Waals surface area contributed by atoms with Gasteiger partial charge < -0.3 is 5.32 Å². The second kappa shape index (κ2) is 7.52. The minimum absolute atomic E-state index is 0.221. The minimum atomic E-state index is -4.45. The highest BCUT2D eigenvalue weighted by Gasteiger charge is 2.50. The topological polar surface area (TPSA) is 45.2 Å². The van der Waals surface area contributed by atoms with Gasteiger partial charge in [-0.1, -0.05) is 36.9 Å². The summed E-state index contributed by atoms with van der Waals surface area (Å²) < 4.78 is 41.3. The van der Waals surface area contributed by atoms with Crippen molar-refractivity contribution < 1.29 is 18.0 Å². The van der Waals surface area contributed by atoms with E-state index in [9.17, 15) is 18.0 Å². The molecule has 1 spiro atoms. The van der Waals surface area contributed by atoms with E-state index >= 15 is 0 Å². The van der Waals surface area contributed by atoms with Crippen LogP contribution in [0.25, 0.3) is 0 Å². The van der Waals surface area contributed by atoms with Crippen LogP contribution < -0.4 is 10.2 Å². The number of nitrogens with zero attached hydrogens (tertiary/aromatic N) is 2. The summed E-state index contributed by atoms with van der Waals surface area (Å²) >= 11 is 5.87. The number of hydrogen-bond donors (Lipinski definition) is 1. The van der Waals surface area contributed by atoms with Crippen LogP contribution in [-0.4, -0.2) is 17.6 Å². The summed E-state index contributed by atoms with van der Waals surface area (Å²) in [7, 11) is 0. The van der Waals surface area contributed by atoms with Crippen molar-refractivity contribution in [2.75, 3.05) is 11.4 Å². The standard InChI is InChI=1S/C21H21ClF3N3O/c22-17-11-14(7-10-26-17)12-27-19(29)28-13-20(8-2-1-3-9-20)18-15(21(23,24)25)5-4-6-16(18)28/h4-7,10-11H,1-3,8-9,12-13H2,(H,27,29). The number of aromatic nitrogens is 1. The van der Waals surface area contributed by atoms with Crippen LogP contribution in [0.2, 0.25) is 5.15 Å². The molecule has 2 aliphatic rings. The largest absolute Gasteiger partial charge is 0.416 e. The molecule has 0 bridgehead atoms. The lowest BCUT2D eigenvalue weighted by Crippen LogP contribution is -2.43. The molecule has 1 aliphatic carbocycles. The van der Waals surface area contributed by atoms with Gasteiger partial charge in [0.15, 0.2) is 0 Å². The summed E-state index contributed by atoms with van der Waals surface area (Å²) in [6.07, 6.45) is 1.18. The molecular weight excluding hydrogens is 403 g/mol. The molecule has 2 aromatic rings. The third-order valence-corrected chi connectivity index (χ3v) is 6.13. The molecule has 1 aliphatic heterocycles. The summed E-state index contributed by atoms with van der Waals surface area (Å²) in [6, 6.07) is 7.11. The zero-order chi connectivity index (χ0) is 20.6. The Hall–Kier alpha value is -2.28. The number of benzene rings is 1. The molecule has 1 N–H and O–H groups in total. The minimum Gasteiger partial charge on any atom is -0.334 e.